The number of hydrogen-bond donors (Lipinski definition) is 2. The number of rotatable bonds is 8. The van der Waals surface area contributed by atoms with Crippen LogP contribution in [-0.4, -0.2) is 33.7 Å². The molecule has 2 N–H and O–H groups in total. The smallest absolute Gasteiger partial charge is 0.252 e. The third-order valence-corrected chi connectivity index (χ3v) is 6.84. The second-order valence-electron chi connectivity index (χ2n) is 7.15. The second-order valence-corrected chi connectivity index (χ2v) is 9.12. The Morgan fingerprint density at radius 1 is 1.12 bits per heavy atom. The molecule has 33 heavy (non-hydrogen) atoms. The average Bonchev–Trinajstić information content (AvgIpc) is 3.23. The number of nitrogens with one attached hydrogen (secondary N) is 2. The highest BCUT2D eigenvalue weighted by atomic mass is 32.2. The summed E-state index contributed by atoms with van der Waals surface area (Å²) in [5.74, 6) is 0.715. The molecule has 0 aliphatic heterocycles. The number of ether oxygens (including phenoxy) is 1. The van der Waals surface area contributed by atoms with Gasteiger partial charge in [0.05, 0.1) is 29.1 Å². The van der Waals surface area contributed by atoms with Gasteiger partial charge in [0.25, 0.3) is 5.56 Å². The van der Waals surface area contributed by atoms with Gasteiger partial charge in [0.2, 0.25) is 5.91 Å². The van der Waals surface area contributed by atoms with Gasteiger partial charge < -0.3 is 15.0 Å². The van der Waals surface area contributed by atoms with Crippen LogP contribution in [0.2, 0.25) is 0 Å². The lowest BCUT2D eigenvalue weighted by Gasteiger charge is -2.07. The van der Waals surface area contributed by atoms with Crippen molar-refractivity contribution < 1.29 is 9.53 Å². The van der Waals surface area contributed by atoms with Crippen LogP contribution in [0.4, 0.5) is 0 Å². The first-order valence-corrected chi connectivity index (χ1v) is 12.0. The number of methoxy groups -OCH3 is 1. The minimum Gasteiger partial charge on any atom is -0.497 e. The Bertz CT molecular complexity index is 1320. The number of carbonyl (C=O) groups is 1. The average molecular weight is 479 g/mol. The number of aryl methyl sites for hydroxylation is 1. The molecule has 0 radical (unpaired) electrons. The van der Waals surface area contributed by atoms with Crippen LogP contribution < -0.4 is 15.6 Å². The van der Waals surface area contributed by atoms with Crippen LogP contribution in [0.25, 0.3) is 21.1 Å². The molecule has 0 bridgehead atoms. The van der Waals surface area contributed by atoms with Gasteiger partial charge in [-0.1, -0.05) is 54.2 Å². The molecule has 0 saturated carbocycles. The van der Waals surface area contributed by atoms with Crippen molar-refractivity contribution in [3.05, 3.63) is 82.3 Å². The quantitative estimate of drug-likeness (QED) is 0.290. The molecule has 0 atom stereocenters. The Kier molecular flexibility index (Phi) is 7.21. The summed E-state index contributed by atoms with van der Waals surface area (Å²) in [5.41, 5.74) is 3.05. The minimum absolute atomic E-state index is 0.132. The van der Waals surface area contributed by atoms with Crippen molar-refractivity contribution in [2.45, 2.75) is 18.6 Å². The molecule has 0 spiro atoms. The van der Waals surface area contributed by atoms with E-state index in [2.05, 4.69) is 20.3 Å². The van der Waals surface area contributed by atoms with Crippen molar-refractivity contribution in [2.24, 2.45) is 0 Å². The Balaban J connectivity index is 1.43. The van der Waals surface area contributed by atoms with Crippen LogP contribution in [0, 0.1) is 6.92 Å². The molecule has 9 heteroatoms. The molecule has 0 aliphatic carbocycles. The molecular weight excluding hydrogens is 456 g/mol. The number of nitrogens with zero attached hydrogens (tertiary/aromatic N) is 2. The normalized spacial score (nSPS) is 10.7. The minimum atomic E-state index is -0.270. The summed E-state index contributed by atoms with van der Waals surface area (Å²) in [7, 11) is 1.60. The highest BCUT2D eigenvalue weighted by Gasteiger charge is 2.15. The monoisotopic (exact) mass is 478 g/mol. The van der Waals surface area contributed by atoms with E-state index < -0.39 is 0 Å². The highest BCUT2D eigenvalue weighted by Crippen LogP contribution is 2.34. The van der Waals surface area contributed by atoms with Crippen LogP contribution in [0.1, 0.15) is 11.3 Å². The van der Waals surface area contributed by atoms with Gasteiger partial charge in [0, 0.05) is 18.2 Å². The standard InChI is InChI=1S/C24H22N4O3S2/c1-15-22(33-23(26-15)17-8-4-3-5-9-17)19-12-20(29)28-24(27-19)32-14-21(30)25-13-16-7-6-10-18(11-16)31-2/h3-12H,13-14H2,1-2H3,(H,25,30)(H,27,28,29). The Morgan fingerprint density at radius 2 is 1.94 bits per heavy atom. The zero-order valence-electron chi connectivity index (χ0n) is 18.1. The first-order chi connectivity index (χ1) is 16.0. The van der Waals surface area contributed by atoms with Crippen LogP contribution in [0.15, 0.2) is 70.6 Å². The molecule has 7 nitrogen and oxygen atoms in total. The number of carbonyl (C=O) groups excluding carboxylic acids is 1. The van der Waals surface area contributed by atoms with Crippen LogP contribution >= 0.6 is 23.1 Å². The lowest BCUT2D eigenvalue weighted by molar-refractivity contribution is -0.118. The molecular formula is C24H22N4O3S2. The van der Waals surface area contributed by atoms with Crippen LogP contribution in [0.3, 0.4) is 0 Å². The van der Waals surface area contributed by atoms with E-state index in [0.717, 1.165) is 32.5 Å². The molecule has 0 saturated heterocycles. The predicted octanol–water partition coefficient (Wildman–Crippen LogP) is 4.29. The lowest BCUT2D eigenvalue weighted by Crippen LogP contribution is -2.24. The maximum atomic E-state index is 12.3. The van der Waals surface area contributed by atoms with E-state index in [0.29, 0.717) is 17.4 Å². The number of aromatic amines is 1. The van der Waals surface area contributed by atoms with E-state index >= 15 is 0 Å². The van der Waals surface area contributed by atoms with Gasteiger partial charge in [-0.2, -0.15) is 0 Å². The molecule has 2 aromatic carbocycles. The Morgan fingerprint density at radius 3 is 2.73 bits per heavy atom. The second kappa shape index (κ2) is 10.5. The van der Waals surface area contributed by atoms with E-state index in [1.165, 1.54) is 29.2 Å². The van der Waals surface area contributed by atoms with Gasteiger partial charge in [-0.25, -0.2) is 9.97 Å². The zero-order valence-corrected chi connectivity index (χ0v) is 19.8. The van der Waals surface area contributed by atoms with E-state index in [4.69, 9.17) is 4.74 Å². The zero-order chi connectivity index (χ0) is 23.2. The maximum Gasteiger partial charge on any atom is 0.252 e. The fourth-order valence-electron chi connectivity index (χ4n) is 3.13. The molecule has 2 heterocycles. The van der Waals surface area contributed by atoms with Crippen molar-refractivity contribution in [1.82, 2.24) is 20.3 Å². The van der Waals surface area contributed by atoms with Crippen molar-refractivity contribution in [3.63, 3.8) is 0 Å². The number of benzene rings is 2. The summed E-state index contributed by atoms with van der Waals surface area (Å²) in [6.45, 7) is 2.29. The molecule has 0 fully saturated rings. The van der Waals surface area contributed by atoms with Gasteiger partial charge in [-0.05, 0) is 24.6 Å². The molecule has 0 unspecified atom stereocenters. The summed E-state index contributed by atoms with van der Waals surface area (Å²) in [6.07, 6.45) is 0. The van der Waals surface area contributed by atoms with Crippen LogP contribution in [-0.2, 0) is 11.3 Å². The van der Waals surface area contributed by atoms with Crippen molar-refractivity contribution in [1.29, 1.82) is 0 Å². The molecule has 4 rings (SSSR count). The van der Waals surface area contributed by atoms with Crippen molar-refractivity contribution in [3.8, 4) is 26.9 Å². The molecule has 2 aromatic heterocycles. The summed E-state index contributed by atoms with van der Waals surface area (Å²) < 4.78 is 5.20. The molecule has 4 aromatic rings. The molecule has 0 aliphatic rings. The SMILES string of the molecule is COc1cccc(CNC(=O)CSc2nc(-c3sc(-c4ccccc4)nc3C)cc(=O)[nH]2)c1. The van der Waals surface area contributed by atoms with Crippen molar-refractivity contribution in [2.75, 3.05) is 12.9 Å². The summed E-state index contributed by atoms with van der Waals surface area (Å²) in [5, 5.41) is 4.13. The first-order valence-electron chi connectivity index (χ1n) is 10.2. The first kappa shape index (κ1) is 22.8. The van der Waals surface area contributed by atoms with Crippen LogP contribution in [0.5, 0.6) is 5.75 Å². The van der Waals surface area contributed by atoms with Gasteiger partial charge in [-0.3, -0.25) is 9.59 Å². The third-order valence-electron chi connectivity index (χ3n) is 4.73. The van der Waals surface area contributed by atoms with Gasteiger partial charge in [0.15, 0.2) is 5.16 Å². The number of aromatic nitrogens is 3. The van der Waals surface area contributed by atoms with Gasteiger partial charge in [0.1, 0.15) is 10.8 Å². The number of hydrogen-bond acceptors (Lipinski definition) is 7. The van der Waals surface area contributed by atoms with E-state index in [1.54, 1.807) is 7.11 Å². The van der Waals surface area contributed by atoms with Crippen molar-refractivity contribution >= 4 is 29.0 Å². The topological polar surface area (TPSA) is 97.0 Å². The predicted molar refractivity (Wildman–Crippen MR) is 132 cm³/mol. The molecule has 1 amide bonds. The third kappa shape index (κ3) is 5.88. The summed E-state index contributed by atoms with van der Waals surface area (Å²) in [4.78, 5) is 37.3. The maximum absolute atomic E-state index is 12.3. The molecule has 168 valence electrons. The number of H-pyrrole nitrogens is 1. The number of amides is 1. The van der Waals surface area contributed by atoms with Gasteiger partial charge in [-0.15, -0.1) is 11.3 Å². The number of thiazole rings is 1. The van der Waals surface area contributed by atoms with E-state index in [9.17, 15) is 9.59 Å². The lowest BCUT2D eigenvalue weighted by atomic mass is 10.2. The summed E-state index contributed by atoms with van der Waals surface area (Å²) >= 11 is 2.68. The summed E-state index contributed by atoms with van der Waals surface area (Å²) in [6, 6.07) is 18.9. The van der Waals surface area contributed by atoms with E-state index in [1.807, 2.05) is 61.5 Å². The number of thioether (sulfide) groups is 1. The van der Waals surface area contributed by atoms with Gasteiger partial charge >= 0.3 is 0 Å². The fraction of sp³-hybridized carbons (Fsp3) is 0.167. The Hall–Kier alpha value is -3.43. The Labute approximate surface area is 199 Å². The van der Waals surface area contributed by atoms with E-state index in [-0.39, 0.29) is 17.2 Å². The fourth-order valence-corrected chi connectivity index (χ4v) is 4.86. The largest absolute Gasteiger partial charge is 0.497 e. The highest BCUT2D eigenvalue weighted by molar-refractivity contribution is 7.99.